The molecule has 3 rings (SSSR count). The Morgan fingerprint density at radius 3 is 2.36 bits per heavy atom. The molecule has 0 radical (unpaired) electrons. The van der Waals surface area contributed by atoms with Crippen molar-refractivity contribution in [2.75, 3.05) is 13.1 Å². The van der Waals surface area contributed by atoms with Gasteiger partial charge in [-0.2, -0.15) is 0 Å². The maximum Gasteiger partial charge on any atom is 0.222 e. The van der Waals surface area contributed by atoms with E-state index in [1.165, 1.54) is 22.3 Å². The second-order valence-corrected chi connectivity index (χ2v) is 7.43. The predicted molar refractivity (Wildman–Crippen MR) is 104 cm³/mol. The molecule has 0 unspecified atom stereocenters. The molecule has 0 spiro atoms. The average Bonchev–Trinajstić information content (AvgIpc) is 2.64. The van der Waals surface area contributed by atoms with Crippen LogP contribution in [0.25, 0.3) is 0 Å². The number of hydrogen-bond donors (Lipinski definition) is 0. The van der Waals surface area contributed by atoms with Crippen molar-refractivity contribution in [1.82, 2.24) is 4.90 Å². The summed E-state index contributed by atoms with van der Waals surface area (Å²) in [5.74, 6) is 1.03. The standard InChI is InChI=1S/C23H29NO/c1-18-8-9-21(16-19(18)2)10-11-23(25)24-14-12-22(13-15-24)17-20-6-4-3-5-7-20/h3-9,16,22H,10-15,17H2,1-2H3. The average molecular weight is 335 g/mol. The molecule has 1 aliphatic rings. The predicted octanol–water partition coefficient (Wildman–Crippen LogP) is 4.72. The van der Waals surface area contributed by atoms with Crippen LogP contribution in [0.1, 0.15) is 41.5 Å². The summed E-state index contributed by atoms with van der Waals surface area (Å²) in [5, 5.41) is 0. The van der Waals surface area contributed by atoms with E-state index >= 15 is 0 Å². The van der Waals surface area contributed by atoms with Crippen LogP contribution in [-0.2, 0) is 17.6 Å². The van der Waals surface area contributed by atoms with Crippen LogP contribution in [0, 0.1) is 19.8 Å². The van der Waals surface area contributed by atoms with Crippen LogP contribution in [0.2, 0.25) is 0 Å². The summed E-state index contributed by atoms with van der Waals surface area (Å²) in [6.45, 7) is 6.11. The Balaban J connectivity index is 1.44. The monoisotopic (exact) mass is 335 g/mol. The first-order chi connectivity index (χ1) is 12.1. The SMILES string of the molecule is Cc1ccc(CCC(=O)N2CCC(Cc3ccccc3)CC2)cc1C. The third-order valence-corrected chi connectivity index (χ3v) is 5.53. The Morgan fingerprint density at radius 1 is 0.960 bits per heavy atom. The van der Waals surface area contributed by atoms with Gasteiger partial charge in [-0.15, -0.1) is 0 Å². The van der Waals surface area contributed by atoms with Gasteiger partial charge in [0.25, 0.3) is 0 Å². The molecule has 1 fully saturated rings. The van der Waals surface area contributed by atoms with Gasteiger partial charge in [0.15, 0.2) is 0 Å². The highest BCUT2D eigenvalue weighted by atomic mass is 16.2. The van der Waals surface area contributed by atoms with Crippen LogP contribution >= 0.6 is 0 Å². The molecule has 1 amide bonds. The van der Waals surface area contributed by atoms with Gasteiger partial charge in [0.2, 0.25) is 5.91 Å². The molecule has 2 heteroatoms. The summed E-state index contributed by atoms with van der Waals surface area (Å²) in [5.41, 5.74) is 5.32. The first-order valence-corrected chi connectivity index (χ1v) is 9.49. The van der Waals surface area contributed by atoms with Crippen molar-refractivity contribution in [3.8, 4) is 0 Å². The molecule has 0 aliphatic carbocycles. The van der Waals surface area contributed by atoms with Gasteiger partial charge in [0, 0.05) is 19.5 Å². The smallest absolute Gasteiger partial charge is 0.222 e. The molecule has 1 aliphatic heterocycles. The Kier molecular flexibility index (Phi) is 5.91. The van der Waals surface area contributed by atoms with E-state index in [0.29, 0.717) is 18.2 Å². The number of benzene rings is 2. The Morgan fingerprint density at radius 2 is 1.68 bits per heavy atom. The van der Waals surface area contributed by atoms with Gasteiger partial charge < -0.3 is 4.90 Å². The molecule has 0 aromatic heterocycles. The van der Waals surface area contributed by atoms with E-state index in [4.69, 9.17) is 0 Å². The highest BCUT2D eigenvalue weighted by Gasteiger charge is 2.22. The zero-order valence-corrected chi connectivity index (χ0v) is 15.5. The van der Waals surface area contributed by atoms with E-state index in [2.05, 4.69) is 67.3 Å². The first-order valence-electron chi connectivity index (χ1n) is 9.49. The molecular weight excluding hydrogens is 306 g/mol. The van der Waals surface area contributed by atoms with Crippen LogP contribution in [0.4, 0.5) is 0 Å². The zero-order chi connectivity index (χ0) is 17.6. The fourth-order valence-corrected chi connectivity index (χ4v) is 3.70. The largest absolute Gasteiger partial charge is 0.343 e. The highest BCUT2D eigenvalue weighted by Crippen LogP contribution is 2.22. The summed E-state index contributed by atoms with van der Waals surface area (Å²) < 4.78 is 0. The lowest BCUT2D eigenvalue weighted by atomic mass is 9.90. The van der Waals surface area contributed by atoms with Crippen molar-refractivity contribution < 1.29 is 4.79 Å². The number of piperidine rings is 1. The van der Waals surface area contributed by atoms with Crippen LogP contribution in [0.5, 0.6) is 0 Å². The fraction of sp³-hybridized carbons (Fsp3) is 0.435. The lowest BCUT2D eigenvalue weighted by molar-refractivity contribution is -0.132. The number of aryl methyl sites for hydroxylation is 3. The normalized spacial score (nSPS) is 15.4. The molecule has 0 N–H and O–H groups in total. The van der Waals surface area contributed by atoms with Gasteiger partial charge in [-0.25, -0.2) is 0 Å². The summed E-state index contributed by atoms with van der Waals surface area (Å²) in [6, 6.07) is 17.2. The topological polar surface area (TPSA) is 20.3 Å². The molecule has 0 atom stereocenters. The van der Waals surface area contributed by atoms with Gasteiger partial charge in [-0.1, -0.05) is 48.5 Å². The lowest BCUT2D eigenvalue weighted by Crippen LogP contribution is -2.39. The molecule has 132 valence electrons. The van der Waals surface area contributed by atoms with Crippen molar-refractivity contribution in [2.24, 2.45) is 5.92 Å². The maximum atomic E-state index is 12.5. The third-order valence-electron chi connectivity index (χ3n) is 5.53. The minimum Gasteiger partial charge on any atom is -0.343 e. The van der Waals surface area contributed by atoms with Gasteiger partial charge >= 0.3 is 0 Å². The second-order valence-electron chi connectivity index (χ2n) is 7.43. The second kappa shape index (κ2) is 8.33. The molecule has 0 saturated carbocycles. The van der Waals surface area contributed by atoms with Crippen LogP contribution in [-0.4, -0.2) is 23.9 Å². The molecule has 2 nitrogen and oxygen atoms in total. The summed E-state index contributed by atoms with van der Waals surface area (Å²) >= 11 is 0. The van der Waals surface area contributed by atoms with E-state index in [1.807, 2.05) is 0 Å². The molecule has 25 heavy (non-hydrogen) atoms. The Bertz CT molecular complexity index is 699. The molecule has 1 heterocycles. The molecular formula is C23H29NO. The van der Waals surface area contributed by atoms with E-state index < -0.39 is 0 Å². The van der Waals surface area contributed by atoms with E-state index in [9.17, 15) is 4.79 Å². The summed E-state index contributed by atoms with van der Waals surface area (Å²) in [6.07, 6.45) is 4.88. The number of amides is 1. The fourth-order valence-electron chi connectivity index (χ4n) is 3.70. The van der Waals surface area contributed by atoms with E-state index in [-0.39, 0.29) is 0 Å². The summed E-state index contributed by atoms with van der Waals surface area (Å²) in [4.78, 5) is 14.6. The van der Waals surface area contributed by atoms with Crippen LogP contribution in [0.3, 0.4) is 0 Å². The summed E-state index contributed by atoms with van der Waals surface area (Å²) in [7, 11) is 0. The van der Waals surface area contributed by atoms with Gasteiger partial charge in [0.05, 0.1) is 0 Å². The minimum absolute atomic E-state index is 0.316. The van der Waals surface area contributed by atoms with E-state index in [0.717, 1.165) is 38.8 Å². The number of nitrogens with zero attached hydrogens (tertiary/aromatic N) is 1. The third kappa shape index (κ3) is 4.94. The van der Waals surface area contributed by atoms with Crippen molar-refractivity contribution in [1.29, 1.82) is 0 Å². The van der Waals surface area contributed by atoms with Crippen molar-refractivity contribution >= 4 is 5.91 Å². The highest BCUT2D eigenvalue weighted by molar-refractivity contribution is 5.76. The lowest BCUT2D eigenvalue weighted by Gasteiger charge is -2.32. The van der Waals surface area contributed by atoms with Gasteiger partial charge in [-0.3, -0.25) is 4.79 Å². The molecule has 2 aromatic rings. The number of carbonyl (C=O) groups excluding carboxylic acids is 1. The molecule has 0 bridgehead atoms. The number of likely N-dealkylation sites (tertiary alicyclic amines) is 1. The van der Waals surface area contributed by atoms with Crippen molar-refractivity contribution in [3.63, 3.8) is 0 Å². The van der Waals surface area contributed by atoms with Gasteiger partial charge in [0.1, 0.15) is 0 Å². The van der Waals surface area contributed by atoms with Crippen molar-refractivity contribution in [3.05, 3.63) is 70.8 Å². The molecule has 1 saturated heterocycles. The maximum absolute atomic E-state index is 12.5. The van der Waals surface area contributed by atoms with E-state index in [1.54, 1.807) is 0 Å². The van der Waals surface area contributed by atoms with Crippen LogP contribution in [0.15, 0.2) is 48.5 Å². The Hall–Kier alpha value is -2.09. The first kappa shape index (κ1) is 17.7. The number of rotatable bonds is 5. The quantitative estimate of drug-likeness (QED) is 0.774. The molecule has 2 aromatic carbocycles. The van der Waals surface area contributed by atoms with Crippen molar-refractivity contribution in [2.45, 2.75) is 46.0 Å². The van der Waals surface area contributed by atoms with Crippen LogP contribution < -0.4 is 0 Å². The minimum atomic E-state index is 0.316. The Labute approximate surface area is 151 Å². The zero-order valence-electron chi connectivity index (χ0n) is 15.5. The number of carbonyl (C=O) groups is 1. The number of hydrogen-bond acceptors (Lipinski definition) is 1. The van der Waals surface area contributed by atoms with Gasteiger partial charge in [-0.05, 0) is 67.7 Å².